The van der Waals surface area contributed by atoms with Gasteiger partial charge in [0, 0.05) is 10.4 Å². The molecule has 1 aliphatic rings. The number of hydrogen-bond acceptors (Lipinski definition) is 11. The molecule has 1 aromatic carbocycles. The van der Waals surface area contributed by atoms with Crippen LogP contribution in [0.3, 0.4) is 0 Å². The van der Waals surface area contributed by atoms with Crippen LogP contribution in [-0.4, -0.2) is 56.3 Å². The van der Waals surface area contributed by atoms with Crippen molar-refractivity contribution in [2.75, 3.05) is 39.5 Å². The number of nitrogens with zero attached hydrogens (tertiary/aromatic N) is 2. The molecule has 36 heavy (non-hydrogen) atoms. The first kappa shape index (κ1) is 25.8. The molecule has 1 N–H and O–H groups in total. The van der Waals surface area contributed by atoms with E-state index in [9.17, 15) is 9.59 Å². The summed E-state index contributed by atoms with van der Waals surface area (Å²) >= 11 is 2.54. The van der Waals surface area contributed by atoms with Crippen LogP contribution in [0.5, 0.6) is 17.2 Å². The third-order valence-corrected chi connectivity index (χ3v) is 7.79. The van der Waals surface area contributed by atoms with Crippen LogP contribution in [0.25, 0.3) is 11.5 Å². The van der Waals surface area contributed by atoms with Crippen molar-refractivity contribution in [2.24, 2.45) is 5.92 Å². The van der Waals surface area contributed by atoms with Crippen LogP contribution >= 0.6 is 23.1 Å². The molecule has 4 rings (SSSR count). The van der Waals surface area contributed by atoms with Crippen LogP contribution in [0.15, 0.2) is 21.8 Å². The Morgan fingerprint density at radius 2 is 1.86 bits per heavy atom. The van der Waals surface area contributed by atoms with E-state index < -0.39 is 5.97 Å². The monoisotopic (exact) mass is 533 g/mol. The number of ether oxygens (including phenoxy) is 4. The second-order valence-electron chi connectivity index (χ2n) is 8.17. The molecule has 1 amide bonds. The number of rotatable bonds is 9. The molecular formula is C24H27N3O7S2. The van der Waals surface area contributed by atoms with Crippen LogP contribution in [-0.2, 0) is 22.4 Å². The minimum absolute atomic E-state index is 0.0243. The average molecular weight is 534 g/mol. The number of nitrogens with one attached hydrogen (secondary N) is 1. The minimum atomic E-state index is -0.433. The first-order valence-corrected chi connectivity index (χ1v) is 13.0. The van der Waals surface area contributed by atoms with Gasteiger partial charge in [-0.25, -0.2) is 4.79 Å². The van der Waals surface area contributed by atoms with Crippen molar-refractivity contribution in [1.29, 1.82) is 0 Å². The van der Waals surface area contributed by atoms with Gasteiger partial charge in [0.25, 0.3) is 5.22 Å². The standard InChI is InChI=1S/C24H27N3O7S2/c1-12-6-7-14-17(8-12)36-22(19(14)23(29)33-5)25-18(28)11-35-24-27-26-21(34-24)13-9-15(30-2)20(32-4)16(10-13)31-3/h9-10,12H,6-8,11H2,1-5H3,(H,25,28). The first-order chi connectivity index (χ1) is 17.4. The number of anilines is 1. The van der Waals surface area contributed by atoms with Crippen LogP contribution < -0.4 is 19.5 Å². The number of hydrogen-bond donors (Lipinski definition) is 1. The summed E-state index contributed by atoms with van der Waals surface area (Å²) in [6.45, 7) is 2.19. The number of aromatic nitrogens is 2. The third kappa shape index (κ3) is 5.29. The zero-order chi connectivity index (χ0) is 25.8. The zero-order valence-electron chi connectivity index (χ0n) is 20.6. The number of carbonyl (C=O) groups is 2. The number of fused-ring (bicyclic) bond motifs is 1. The molecule has 0 radical (unpaired) electrons. The van der Waals surface area contributed by atoms with E-state index >= 15 is 0 Å². The summed E-state index contributed by atoms with van der Waals surface area (Å²) in [4.78, 5) is 26.3. The fourth-order valence-electron chi connectivity index (χ4n) is 4.04. The summed E-state index contributed by atoms with van der Waals surface area (Å²) < 4.78 is 26.8. The molecule has 1 aliphatic carbocycles. The number of thiophene rings is 1. The number of benzene rings is 1. The molecule has 0 saturated carbocycles. The molecule has 0 fully saturated rings. The molecular weight excluding hydrogens is 506 g/mol. The Morgan fingerprint density at radius 3 is 2.50 bits per heavy atom. The van der Waals surface area contributed by atoms with E-state index in [0.717, 1.165) is 41.5 Å². The molecule has 2 aromatic heterocycles. The molecule has 1 unspecified atom stereocenters. The SMILES string of the molecule is COC(=O)c1c(NC(=O)CSc2nnc(-c3cc(OC)c(OC)c(OC)c3)o2)sc2c1CCC(C)C2. The van der Waals surface area contributed by atoms with Gasteiger partial charge in [-0.2, -0.15) is 0 Å². The van der Waals surface area contributed by atoms with Crippen LogP contribution in [0.2, 0.25) is 0 Å². The Balaban J connectivity index is 1.46. The topological polar surface area (TPSA) is 122 Å². The number of methoxy groups -OCH3 is 4. The number of amides is 1. The van der Waals surface area contributed by atoms with E-state index in [4.69, 9.17) is 23.4 Å². The quantitative estimate of drug-likeness (QED) is 0.311. The van der Waals surface area contributed by atoms with Gasteiger partial charge in [0.2, 0.25) is 17.5 Å². The van der Waals surface area contributed by atoms with Crippen molar-refractivity contribution < 1.29 is 33.0 Å². The summed E-state index contributed by atoms with van der Waals surface area (Å²) in [6, 6.07) is 3.40. The van der Waals surface area contributed by atoms with Crippen LogP contribution in [0, 0.1) is 5.92 Å². The zero-order valence-corrected chi connectivity index (χ0v) is 22.3. The molecule has 0 saturated heterocycles. The van der Waals surface area contributed by atoms with E-state index in [1.165, 1.54) is 39.8 Å². The molecule has 12 heteroatoms. The van der Waals surface area contributed by atoms with Gasteiger partial charge in [-0.05, 0) is 42.9 Å². The molecule has 1 atom stereocenters. The summed E-state index contributed by atoms with van der Waals surface area (Å²) in [7, 11) is 5.91. The van der Waals surface area contributed by atoms with Crippen molar-refractivity contribution in [3.63, 3.8) is 0 Å². The van der Waals surface area contributed by atoms with Crippen molar-refractivity contribution in [1.82, 2.24) is 10.2 Å². The summed E-state index contributed by atoms with van der Waals surface area (Å²) in [5.74, 6) is 1.44. The van der Waals surface area contributed by atoms with Crippen molar-refractivity contribution in [3.8, 4) is 28.7 Å². The van der Waals surface area contributed by atoms with Gasteiger partial charge in [-0.1, -0.05) is 18.7 Å². The number of carbonyl (C=O) groups excluding carboxylic acids is 2. The molecule has 0 bridgehead atoms. The van der Waals surface area contributed by atoms with Gasteiger partial charge in [0.1, 0.15) is 5.00 Å². The van der Waals surface area contributed by atoms with Gasteiger partial charge in [-0.15, -0.1) is 21.5 Å². The summed E-state index contributed by atoms with van der Waals surface area (Å²) in [6.07, 6.45) is 2.69. The smallest absolute Gasteiger partial charge is 0.341 e. The molecule has 10 nitrogen and oxygen atoms in total. The molecule has 192 valence electrons. The maximum absolute atomic E-state index is 12.7. The van der Waals surface area contributed by atoms with Gasteiger partial charge in [-0.3, -0.25) is 4.79 Å². The highest BCUT2D eigenvalue weighted by molar-refractivity contribution is 7.99. The van der Waals surface area contributed by atoms with E-state index in [2.05, 4.69) is 22.4 Å². The van der Waals surface area contributed by atoms with Crippen molar-refractivity contribution in [3.05, 3.63) is 28.1 Å². The largest absolute Gasteiger partial charge is 0.493 e. The molecule has 3 aromatic rings. The van der Waals surface area contributed by atoms with Crippen LogP contribution in [0.1, 0.15) is 34.1 Å². The van der Waals surface area contributed by atoms with E-state index in [-0.39, 0.29) is 22.8 Å². The highest BCUT2D eigenvalue weighted by Crippen LogP contribution is 2.42. The van der Waals surface area contributed by atoms with Gasteiger partial charge in [0.05, 0.1) is 39.8 Å². The second kappa shape index (κ2) is 11.2. The average Bonchev–Trinajstić information content (AvgIpc) is 3.50. The van der Waals surface area contributed by atoms with Gasteiger partial charge < -0.3 is 28.7 Å². The lowest BCUT2D eigenvalue weighted by molar-refractivity contribution is -0.113. The normalized spacial score (nSPS) is 14.6. The van der Waals surface area contributed by atoms with Gasteiger partial charge >= 0.3 is 5.97 Å². The summed E-state index contributed by atoms with van der Waals surface area (Å²) in [5, 5.41) is 11.7. The Kier molecular flexibility index (Phi) is 8.04. The highest BCUT2D eigenvalue weighted by Gasteiger charge is 2.29. The summed E-state index contributed by atoms with van der Waals surface area (Å²) in [5.41, 5.74) is 2.03. The lowest BCUT2D eigenvalue weighted by Gasteiger charge is -2.18. The maximum Gasteiger partial charge on any atom is 0.341 e. The van der Waals surface area contributed by atoms with E-state index in [1.807, 2.05) is 0 Å². The third-order valence-electron chi connectivity index (χ3n) is 5.80. The predicted octanol–water partition coefficient (Wildman–Crippen LogP) is 4.47. The fraction of sp³-hybridized carbons (Fsp3) is 0.417. The lowest BCUT2D eigenvalue weighted by Crippen LogP contribution is -2.17. The fourth-order valence-corrected chi connectivity index (χ4v) is 6.01. The Bertz CT molecular complexity index is 1250. The number of thioether (sulfide) groups is 1. The molecule has 2 heterocycles. The molecule has 0 aliphatic heterocycles. The van der Waals surface area contributed by atoms with Gasteiger partial charge in [0.15, 0.2) is 11.5 Å². The Morgan fingerprint density at radius 1 is 1.14 bits per heavy atom. The Hall–Kier alpha value is -3.25. The second-order valence-corrected chi connectivity index (χ2v) is 10.2. The van der Waals surface area contributed by atoms with Crippen molar-refractivity contribution >= 4 is 40.0 Å². The predicted molar refractivity (Wildman–Crippen MR) is 136 cm³/mol. The minimum Gasteiger partial charge on any atom is -0.493 e. The first-order valence-electron chi connectivity index (χ1n) is 11.2. The maximum atomic E-state index is 12.7. The highest BCUT2D eigenvalue weighted by atomic mass is 32.2. The van der Waals surface area contributed by atoms with E-state index in [1.54, 1.807) is 12.1 Å². The van der Waals surface area contributed by atoms with E-state index in [0.29, 0.717) is 39.3 Å². The molecule has 0 spiro atoms. The van der Waals surface area contributed by atoms with Crippen molar-refractivity contribution in [2.45, 2.75) is 31.4 Å². The Labute approximate surface area is 216 Å². The number of esters is 1. The van der Waals surface area contributed by atoms with Crippen LogP contribution in [0.4, 0.5) is 5.00 Å². The lowest BCUT2D eigenvalue weighted by atomic mass is 9.88.